The van der Waals surface area contributed by atoms with Crippen LogP contribution in [0.3, 0.4) is 0 Å². The van der Waals surface area contributed by atoms with Crippen molar-refractivity contribution < 1.29 is 4.74 Å². The Balaban J connectivity index is 1.33. The summed E-state index contributed by atoms with van der Waals surface area (Å²) in [6, 6.07) is 24.1. The van der Waals surface area contributed by atoms with Gasteiger partial charge in [-0.25, -0.2) is 0 Å². The number of rotatable bonds is 9. The first-order valence-electron chi connectivity index (χ1n) is 13.1. The minimum Gasteiger partial charge on any atom is -0.493 e. The molecular formula is C31H37NO. The third-order valence-corrected chi connectivity index (χ3v) is 7.69. The fourth-order valence-corrected chi connectivity index (χ4v) is 5.47. The van der Waals surface area contributed by atoms with Gasteiger partial charge in [0.2, 0.25) is 0 Å². The van der Waals surface area contributed by atoms with E-state index >= 15 is 0 Å². The van der Waals surface area contributed by atoms with Crippen molar-refractivity contribution in [2.45, 2.75) is 70.6 Å². The molecule has 0 radical (unpaired) electrons. The second-order valence-corrected chi connectivity index (χ2v) is 10.1. The fourth-order valence-electron chi connectivity index (χ4n) is 5.47. The minimum absolute atomic E-state index is 0.565. The van der Waals surface area contributed by atoms with E-state index in [4.69, 9.17) is 9.72 Å². The maximum Gasteiger partial charge on any atom is 0.123 e. The van der Waals surface area contributed by atoms with E-state index in [9.17, 15) is 0 Å². The van der Waals surface area contributed by atoms with Crippen LogP contribution in [0.1, 0.15) is 74.6 Å². The summed E-state index contributed by atoms with van der Waals surface area (Å²) in [7, 11) is 0. The number of benzene rings is 2. The number of ether oxygens (including phenoxy) is 1. The van der Waals surface area contributed by atoms with Gasteiger partial charge >= 0.3 is 0 Å². The summed E-state index contributed by atoms with van der Waals surface area (Å²) in [5, 5.41) is 0. The Labute approximate surface area is 199 Å². The molecule has 0 saturated heterocycles. The molecule has 5 rings (SSSR count). The molecule has 2 aromatic carbocycles. The van der Waals surface area contributed by atoms with Crippen molar-refractivity contribution in [2.24, 2.45) is 11.8 Å². The molecule has 33 heavy (non-hydrogen) atoms. The van der Waals surface area contributed by atoms with E-state index < -0.39 is 0 Å². The first-order valence-corrected chi connectivity index (χ1v) is 13.1. The maximum absolute atomic E-state index is 6.27. The van der Waals surface area contributed by atoms with Gasteiger partial charge in [-0.3, -0.25) is 4.98 Å². The molecule has 0 aliphatic heterocycles. The van der Waals surface area contributed by atoms with Crippen molar-refractivity contribution in [3.63, 3.8) is 0 Å². The van der Waals surface area contributed by atoms with Crippen LogP contribution in [-0.2, 0) is 12.8 Å². The molecule has 3 aromatic rings. The van der Waals surface area contributed by atoms with Crippen molar-refractivity contribution in [1.29, 1.82) is 0 Å². The normalized spacial score (nSPS) is 20.5. The lowest BCUT2D eigenvalue weighted by Crippen LogP contribution is -2.08. The highest BCUT2D eigenvalue weighted by Crippen LogP contribution is 2.43. The monoisotopic (exact) mass is 439 g/mol. The topological polar surface area (TPSA) is 22.1 Å². The van der Waals surface area contributed by atoms with Gasteiger partial charge in [-0.15, -0.1) is 0 Å². The van der Waals surface area contributed by atoms with Crippen LogP contribution in [0.15, 0.2) is 66.7 Å². The average Bonchev–Trinajstić information content (AvgIpc) is 3.63. The van der Waals surface area contributed by atoms with Gasteiger partial charge in [0, 0.05) is 35.7 Å². The van der Waals surface area contributed by atoms with Crippen molar-refractivity contribution in [3.05, 3.63) is 83.6 Å². The highest BCUT2D eigenvalue weighted by Gasteiger charge is 2.34. The number of nitrogens with zero attached hydrogens (tertiary/aromatic N) is 1. The standard InChI is InChI=1S/C31H37NO/c1-2-25-20-28(25)19-24-13-15-27(16-14-24)31-22-29(33-18-17-23-9-5-3-6-10-23)21-30(32-31)26-11-7-4-8-12-26/h3,5-6,9-10,13-16,21-22,25-26,28H,2,4,7-8,11-12,17-20H2,1H3. The van der Waals surface area contributed by atoms with E-state index in [1.165, 1.54) is 73.8 Å². The van der Waals surface area contributed by atoms with E-state index in [1.54, 1.807) is 0 Å². The quantitative estimate of drug-likeness (QED) is 0.337. The summed E-state index contributed by atoms with van der Waals surface area (Å²) < 4.78 is 6.27. The highest BCUT2D eigenvalue weighted by atomic mass is 16.5. The summed E-state index contributed by atoms with van der Waals surface area (Å²) >= 11 is 0. The zero-order valence-corrected chi connectivity index (χ0v) is 20.0. The van der Waals surface area contributed by atoms with Gasteiger partial charge in [0.05, 0.1) is 12.3 Å². The van der Waals surface area contributed by atoms with Crippen molar-refractivity contribution >= 4 is 0 Å². The number of aromatic nitrogens is 1. The predicted molar refractivity (Wildman–Crippen MR) is 137 cm³/mol. The zero-order valence-electron chi connectivity index (χ0n) is 20.0. The number of hydrogen-bond donors (Lipinski definition) is 0. The summed E-state index contributed by atoms with van der Waals surface area (Å²) in [5.74, 6) is 3.38. The molecule has 2 unspecified atom stereocenters. The first-order chi connectivity index (χ1) is 16.3. The molecule has 0 amide bonds. The van der Waals surface area contributed by atoms with Crippen LogP contribution in [-0.4, -0.2) is 11.6 Å². The largest absolute Gasteiger partial charge is 0.493 e. The summed E-state index contributed by atoms with van der Waals surface area (Å²) in [6.45, 7) is 3.01. The van der Waals surface area contributed by atoms with Gasteiger partial charge in [-0.1, -0.05) is 87.2 Å². The SMILES string of the molecule is CCC1CC1Cc1ccc(-c2cc(OCCc3ccccc3)cc(C3CCCCC3)n2)cc1. The van der Waals surface area contributed by atoms with Crippen LogP contribution in [0.2, 0.25) is 0 Å². The molecule has 2 atom stereocenters. The Bertz CT molecular complexity index is 1020. The molecule has 2 nitrogen and oxygen atoms in total. The summed E-state index contributed by atoms with van der Waals surface area (Å²) in [6.07, 6.45) is 11.4. The second-order valence-electron chi connectivity index (χ2n) is 10.1. The predicted octanol–water partition coefficient (Wildman–Crippen LogP) is 8.01. The lowest BCUT2D eigenvalue weighted by atomic mass is 9.86. The van der Waals surface area contributed by atoms with Gasteiger partial charge in [-0.05, 0) is 48.6 Å². The highest BCUT2D eigenvalue weighted by molar-refractivity contribution is 5.61. The Morgan fingerprint density at radius 3 is 2.36 bits per heavy atom. The Morgan fingerprint density at radius 1 is 0.848 bits per heavy atom. The molecule has 1 aromatic heterocycles. The molecule has 0 spiro atoms. The molecular weight excluding hydrogens is 402 g/mol. The van der Waals surface area contributed by atoms with Gasteiger partial charge < -0.3 is 4.74 Å². The van der Waals surface area contributed by atoms with Crippen LogP contribution in [0.4, 0.5) is 0 Å². The molecule has 172 valence electrons. The molecule has 2 aliphatic carbocycles. The molecule has 2 aliphatic rings. The molecule has 2 heteroatoms. The zero-order chi connectivity index (χ0) is 22.5. The maximum atomic E-state index is 6.27. The second kappa shape index (κ2) is 10.5. The van der Waals surface area contributed by atoms with Crippen molar-refractivity contribution in [3.8, 4) is 17.0 Å². The Hall–Kier alpha value is -2.61. The van der Waals surface area contributed by atoms with E-state index in [1.807, 2.05) is 0 Å². The van der Waals surface area contributed by atoms with Crippen LogP contribution in [0.5, 0.6) is 5.75 Å². The summed E-state index contributed by atoms with van der Waals surface area (Å²) in [4.78, 5) is 5.14. The smallest absolute Gasteiger partial charge is 0.123 e. The Kier molecular flexibility index (Phi) is 7.09. The van der Waals surface area contributed by atoms with Crippen LogP contribution in [0, 0.1) is 11.8 Å². The number of pyridine rings is 1. The molecule has 0 bridgehead atoms. The van der Waals surface area contributed by atoms with E-state index in [0.29, 0.717) is 12.5 Å². The third kappa shape index (κ3) is 5.85. The Morgan fingerprint density at radius 2 is 1.64 bits per heavy atom. The van der Waals surface area contributed by atoms with E-state index in [0.717, 1.165) is 29.7 Å². The summed E-state index contributed by atoms with van der Waals surface area (Å²) in [5.41, 5.74) is 6.25. The molecule has 2 saturated carbocycles. The van der Waals surface area contributed by atoms with Gasteiger partial charge in [-0.2, -0.15) is 0 Å². The van der Waals surface area contributed by atoms with Gasteiger partial charge in [0.25, 0.3) is 0 Å². The van der Waals surface area contributed by atoms with Crippen LogP contribution >= 0.6 is 0 Å². The van der Waals surface area contributed by atoms with Crippen molar-refractivity contribution in [1.82, 2.24) is 4.98 Å². The van der Waals surface area contributed by atoms with E-state index in [-0.39, 0.29) is 0 Å². The van der Waals surface area contributed by atoms with Crippen LogP contribution in [0.25, 0.3) is 11.3 Å². The van der Waals surface area contributed by atoms with Gasteiger partial charge in [0.1, 0.15) is 5.75 Å². The van der Waals surface area contributed by atoms with Gasteiger partial charge in [0.15, 0.2) is 0 Å². The molecule has 1 heterocycles. The van der Waals surface area contributed by atoms with Crippen LogP contribution < -0.4 is 4.74 Å². The number of hydrogen-bond acceptors (Lipinski definition) is 2. The first kappa shape index (κ1) is 22.2. The molecule has 2 fully saturated rings. The average molecular weight is 440 g/mol. The lowest BCUT2D eigenvalue weighted by Gasteiger charge is -2.22. The van der Waals surface area contributed by atoms with E-state index in [2.05, 4.69) is 73.7 Å². The fraction of sp³-hybridized carbons (Fsp3) is 0.452. The molecule has 0 N–H and O–H groups in total. The minimum atomic E-state index is 0.565. The van der Waals surface area contributed by atoms with Crippen molar-refractivity contribution in [2.75, 3.05) is 6.61 Å². The third-order valence-electron chi connectivity index (χ3n) is 7.69. The lowest BCUT2D eigenvalue weighted by molar-refractivity contribution is 0.320.